The minimum Gasteiger partial charge on any atom is -0.311 e. The Balaban J connectivity index is 1.52. The molecule has 2 aliphatic rings. The molecule has 0 spiro atoms. The molecule has 2 heteroatoms. The SMILES string of the molecule is CC1(C)CC1NC1CC(c2cccc(Br)c2)C1. The third-order valence-corrected chi connectivity index (χ3v) is 4.90. The van der Waals surface area contributed by atoms with Gasteiger partial charge in [0.05, 0.1) is 0 Å². The molecule has 1 N–H and O–H groups in total. The number of hydrogen-bond acceptors (Lipinski definition) is 1. The first-order valence-corrected chi connectivity index (χ1v) is 7.35. The summed E-state index contributed by atoms with van der Waals surface area (Å²) in [5, 5.41) is 3.78. The lowest BCUT2D eigenvalue weighted by Gasteiger charge is -2.37. The average Bonchev–Trinajstić information content (AvgIpc) is 2.79. The molecule has 0 bridgehead atoms. The first-order chi connectivity index (χ1) is 8.04. The van der Waals surface area contributed by atoms with Crippen molar-refractivity contribution >= 4 is 15.9 Å². The lowest BCUT2D eigenvalue weighted by Crippen LogP contribution is -2.42. The Bertz CT molecular complexity index is 421. The van der Waals surface area contributed by atoms with Crippen molar-refractivity contribution in [1.82, 2.24) is 5.32 Å². The second-order valence-corrected chi connectivity index (χ2v) is 7.25. The molecule has 2 aliphatic carbocycles. The van der Waals surface area contributed by atoms with Crippen molar-refractivity contribution in [2.24, 2.45) is 5.41 Å². The van der Waals surface area contributed by atoms with Crippen LogP contribution in [0.4, 0.5) is 0 Å². The maximum atomic E-state index is 3.78. The fourth-order valence-electron chi connectivity index (χ4n) is 2.82. The Kier molecular flexibility index (Phi) is 2.83. The molecule has 1 aromatic carbocycles. The van der Waals surface area contributed by atoms with Gasteiger partial charge in [0.25, 0.3) is 0 Å². The molecule has 1 nitrogen and oxygen atoms in total. The van der Waals surface area contributed by atoms with E-state index in [0.717, 1.165) is 18.0 Å². The minimum atomic E-state index is 0.556. The van der Waals surface area contributed by atoms with Crippen molar-refractivity contribution in [1.29, 1.82) is 0 Å². The molecule has 0 amide bonds. The summed E-state index contributed by atoms with van der Waals surface area (Å²) in [4.78, 5) is 0. The van der Waals surface area contributed by atoms with Crippen molar-refractivity contribution in [3.63, 3.8) is 0 Å². The van der Waals surface area contributed by atoms with Gasteiger partial charge in [-0.2, -0.15) is 0 Å². The van der Waals surface area contributed by atoms with Crippen LogP contribution in [0.5, 0.6) is 0 Å². The van der Waals surface area contributed by atoms with Crippen molar-refractivity contribution in [3.8, 4) is 0 Å². The maximum Gasteiger partial charge on any atom is 0.0178 e. The third kappa shape index (κ3) is 2.43. The van der Waals surface area contributed by atoms with Gasteiger partial charge in [-0.1, -0.05) is 41.9 Å². The highest BCUT2D eigenvalue weighted by Crippen LogP contribution is 2.47. The van der Waals surface area contributed by atoms with Crippen molar-refractivity contribution in [2.75, 3.05) is 0 Å². The van der Waals surface area contributed by atoms with Crippen LogP contribution in [-0.2, 0) is 0 Å². The second-order valence-electron chi connectivity index (χ2n) is 6.33. The van der Waals surface area contributed by atoms with E-state index in [1.807, 2.05) is 0 Å². The summed E-state index contributed by atoms with van der Waals surface area (Å²) < 4.78 is 1.20. The first kappa shape index (κ1) is 11.7. The van der Waals surface area contributed by atoms with Crippen LogP contribution in [0.1, 0.15) is 44.6 Å². The van der Waals surface area contributed by atoms with Crippen molar-refractivity contribution in [2.45, 2.75) is 51.1 Å². The monoisotopic (exact) mass is 293 g/mol. The van der Waals surface area contributed by atoms with Gasteiger partial charge in [-0.25, -0.2) is 0 Å². The molecule has 92 valence electrons. The summed E-state index contributed by atoms with van der Waals surface area (Å²) in [7, 11) is 0. The van der Waals surface area contributed by atoms with Crippen molar-refractivity contribution in [3.05, 3.63) is 34.3 Å². The molecule has 0 aromatic heterocycles. The van der Waals surface area contributed by atoms with E-state index >= 15 is 0 Å². The molecular formula is C15H20BrN. The zero-order valence-corrected chi connectivity index (χ0v) is 12.1. The fraction of sp³-hybridized carbons (Fsp3) is 0.600. The summed E-state index contributed by atoms with van der Waals surface area (Å²) in [6.45, 7) is 4.71. The summed E-state index contributed by atoms with van der Waals surface area (Å²) in [6, 6.07) is 10.3. The van der Waals surface area contributed by atoms with Gasteiger partial charge in [0.15, 0.2) is 0 Å². The zero-order valence-electron chi connectivity index (χ0n) is 10.5. The molecular weight excluding hydrogens is 274 g/mol. The fourth-order valence-corrected chi connectivity index (χ4v) is 3.24. The second kappa shape index (κ2) is 4.10. The molecule has 2 saturated carbocycles. The van der Waals surface area contributed by atoms with Gasteiger partial charge in [-0.3, -0.25) is 0 Å². The predicted octanol–water partition coefficient (Wildman–Crippen LogP) is 4.08. The van der Waals surface area contributed by atoms with Gasteiger partial charge in [0, 0.05) is 16.6 Å². The van der Waals surface area contributed by atoms with E-state index < -0.39 is 0 Å². The van der Waals surface area contributed by atoms with E-state index in [1.165, 1.54) is 29.3 Å². The number of rotatable bonds is 3. The minimum absolute atomic E-state index is 0.556. The van der Waals surface area contributed by atoms with Gasteiger partial charge in [-0.15, -0.1) is 0 Å². The Hall–Kier alpha value is -0.340. The first-order valence-electron chi connectivity index (χ1n) is 6.56. The summed E-state index contributed by atoms with van der Waals surface area (Å²) in [6.07, 6.45) is 3.97. The highest BCUT2D eigenvalue weighted by atomic mass is 79.9. The highest BCUT2D eigenvalue weighted by Gasteiger charge is 2.47. The van der Waals surface area contributed by atoms with Crippen LogP contribution < -0.4 is 5.32 Å². The molecule has 0 saturated heterocycles. The van der Waals surface area contributed by atoms with Gasteiger partial charge < -0.3 is 5.32 Å². The molecule has 2 fully saturated rings. The normalized spacial score (nSPS) is 34.2. The molecule has 0 radical (unpaired) electrons. The number of benzene rings is 1. The average molecular weight is 294 g/mol. The highest BCUT2D eigenvalue weighted by molar-refractivity contribution is 9.10. The number of halogens is 1. The molecule has 1 unspecified atom stereocenters. The van der Waals surface area contributed by atoms with E-state index in [9.17, 15) is 0 Å². The summed E-state index contributed by atoms with van der Waals surface area (Å²) in [5.41, 5.74) is 2.05. The molecule has 17 heavy (non-hydrogen) atoms. The standard InChI is InChI=1S/C15H20BrN/c1-15(2)9-14(15)17-13-7-11(8-13)10-4-3-5-12(16)6-10/h3-6,11,13-14,17H,7-9H2,1-2H3. The van der Waals surface area contributed by atoms with Crippen molar-refractivity contribution < 1.29 is 0 Å². The molecule has 1 aromatic rings. The zero-order chi connectivity index (χ0) is 12.0. The van der Waals surface area contributed by atoms with Crippen LogP contribution in [0.3, 0.4) is 0 Å². The largest absolute Gasteiger partial charge is 0.311 e. The number of nitrogens with one attached hydrogen (secondary N) is 1. The van der Waals surface area contributed by atoms with E-state index in [0.29, 0.717) is 5.41 Å². The van der Waals surface area contributed by atoms with E-state index in [2.05, 4.69) is 59.4 Å². The lowest BCUT2D eigenvalue weighted by molar-refractivity contribution is 0.279. The van der Waals surface area contributed by atoms with Gasteiger partial charge in [0.1, 0.15) is 0 Å². The molecule has 3 rings (SSSR count). The third-order valence-electron chi connectivity index (χ3n) is 4.41. The van der Waals surface area contributed by atoms with Crippen LogP contribution in [0.25, 0.3) is 0 Å². The summed E-state index contributed by atoms with van der Waals surface area (Å²) >= 11 is 3.55. The van der Waals surface area contributed by atoms with Crippen LogP contribution in [0, 0.1) is 5.41 Å². The maximum absolute atomic E-state index is 3.78. The Morgan fingerprint density at radius 1 is 1.29 bits per heavy atom. The van der Waals surface area contributed by atoms with Gasteiger partial charge in [-0.05, 0) is 48.3 Å². The van der Waals surface area contributed by atoms with Crippen LogP contribution in [0.15, 0.2) is 28.7 Å². The summed E-state index contributed by atoms with van der Waals surface area (Å²) in [5.74, 6) is 0.770. The molecule has 0 aliphatic heterocycles. The van der Waals surface area contributed by atoms with Gasteiger partial charge >= 0.3 is 0 Å². The smallest absolute Gasteiger partial charge is 0.0178 e. The van der Waals surface area contributed by atoms with E-state index in [1.54, 1.807) is 0 Å². The Labute approximate surface area is 112 Å². The lowest BCUT2D eigenvalue weighted by atomic mass is 9.76. The van der Waals surface area contributed by atoms with Crippen LogP contribution in [-0.4, -0.2) is 12.1 Å². The number of hydrogen-bond donors (Lipinski definition) is 1. The van der Waals surface area contributed by atoms with E-state index in [-0.39, 0.29) is 0 Å². The van der Waals surface area contributed by atoms with E-state index in [4.69, 9.17) is 0 Å². The van der Waals surface area contributed by atoms with Crippen LogP contribution >= 0.6 is 15.9 Å². The topological polar surface area (TPSA) is 12.0 Å². The van der Waals surface area contributed by atoms with Crippen LogP contribution in [0.2, 0.25) is 0 Å². The van der Waals surface area contributed by atoms with Gasteiger partial charge in [0.2, 0.25) is 0 Å². The quantitative estimate of drug-likeness (QED) is 0.885. The molecule has 0 heterocycles. The Morgan fingerprint density at radius 3 is 2.59 bits per heavy atom. The molecule has 1 atom stereocenters. The predicted molar refractivity (Wildman–Crippen MR) is 75.2 cm³/mol. The Morgan fingerprint density at radius 2 is 2.00 bits per heavy atom.